The molecule has 0 aliphatic heterocycles. The van der Waals surface area contributed by atoms with Crippen molar-refractivity contribution in [3.05, 3.63) is 90.5 Å². The molecule has 4 rings (SSSR count). The molecule has 44 heavy (non-hydrogen) atoms. The fourth-order valence-electron chi connectivity index (χ4n) is 3.45. The number of azo groups is 1. The molecule has 0 heterocycles. The summed E-state index contributed by atoms with van der Waals surface area (Å²) in [6.07, 6.45) is 3.53. The number of hydrogen-bond acceptors (Lipinski definition) is 12. The Kier molecular flexibility index (Phi) is 13.6. The SMILES string of the molecule is COc1cc(N=Nc2cccc(S(=O)(=O)[O-])c2)ccc1NC(=O)Nc1ccc(N/N=C2\C=CC(=O)C(C(=O)[O-])=C2)cc1.[Na+].[Na+]. The largest absolute Gasteiger partial charge is 1.00 e. The summed E-state index contributed by atoms with van der Waals surface area (Å²) in [6, 6.07) is 15.5. The number of aliphatic carboxylic acids is 1. The van der Waals surface area contributed by atoms with Gasteiger partial charge in [0.25, 0.3) is 0 Å². The zero-order valence-electron chi connectivity index (χ0n) is 23.6. The fraction of sp³-hybridized carbons (Fsp3) is 0.0370. The van der Waals surface area contributed by atoms with Gasteiger partial charge in [0.2, 0.25) is 0 Å². The average molecular weight is 635 g/mol. The number of amides is 2. The van der Waals surface area contributed by atoms with Crippen molar-refractivity contribution in [3.63, 3.8) is 0 Å². The van der Waals surface area contributed by atoms with Gasteiger partial charge in [0.05, 0.1) is 46.4 Å². The van der Waals surface area contributed by atoms with Crippen LogP contribution in [0.25, 0.3) is 0 Å². The van der Waals surface area contributed by atoms with Crippen LogP contribution in [-0.2, 0) is 19.7 Å². The van der Waals surface area contributed by atoms with Gasteiger partial charge >= 0.3 is 65.1 Å². The van der Waals surface area contributed by atoms with E-state index < -0.39 is 38.4 Å². The first-order valence-electron chi connectivity index (χ1n) is 11.8. The minimum Gasteiger partial charge on any atom is -0.744 e. The molecule has 0 aromatic heterocycles. The molecule has 1 aliphatic carbocycles. The van der Waals surface area contributed by atoms with Gasteiger partial charge in [-0.3, -0.25) is 10.2 Å². The van der Waals surface area contributed by atoms with Crippen LogP contribution in [0.5, 0.6) is 5.75 Å². The Labute approximate surface area is 295 Å². The number of urea groups is 1. The molecule has 2 amide bonds. The molecule has 0 saturated carbocycles. The van der Waals surface area contributed by atoms with Crippen molar-refractivity contribution in [3.8, 4) is 5.75 Å². The summed E-state index contributed by atoms with van der Waals surface area (Å²) >= 11 is 0. The van der Waals surface area contributed by atoms with Crippen molar-refractivity contribution in [1.29, 1.82) is 0 Å². The Bertz CT molecular complexity index is 1790. The quantitative estimate of drug-likeness (QED) is 0.0555. The Balaban J connectivity index is 0.00000337. The van der Waals surface area contributed by atoms with Crippen molar-refractivity contribution in [2.24, 2.45) is 15.3 Å². The van der Waals surface area contributed by atoms with Crippen molar-refractivity contribution >= 4 is 62.1 Å². The van der Waals surface area contributed by atoms with Crippen molar-refractivity contribution in [2.75, 3.05) is 23.2 Å². The predicted molar refractivity (Wildman–Crippen MR) is 149 cm³/mol. The molecule has 0 spiro atoms. The number of methoxy groups -OCH3 is 1. The van der Waals surface area contributed by atoms with E-state index in [0.29, 0.717) is 22.7 Å². The van der Waals surface area contributed by atoms with Gasteiger partial charge in [-0.1, -0.05) is 6.07 Å². The van der Waals surface area contributed by atoms with Gasteiger partial charge in [0, 0.05) is 17.3 Å². The number of carbonyl (C=O) groups excluding carboxylic acids is 3. The summed E-state index contributed by atoms with van der Waals surface area (Å²) in [7, 11) is -3.24. The van der Waals surface area contributed by atoms with Crippen molar-refractivity contribution in [2.45, 2.75) is 4.90 Å². The summed E-state index contributed by atoms with van der Waals surface area (Å²) in [5.74, 6) is -2.00. The molecule has 14 nitrogen and oxygen atoms in total. The summed E-state index contributed by atoms with van der Waals surface area (Å²) in [5.41, 5.74) is 4.22. The molecular formula is C27H20N6Na2O8S. The van der Waals surface area contributed by atoms with Gasteiger partial charge in [-0.2, -0.15) is 15.3 Å². The molecule has 0 atom stereocenters. The molecule has 3 aromatic carbocycles. The molecule has 0 radical (unpaired) electrons. The predicted octanol–water partition coefficient (Wildman–Crippen LogP) is -2.75. The Hall–Kier alpha value is -3.67. The first-order chi connectivity index (χ1) is 20.0. The first-order valence-corrected chi connectivity index (χ1v) is 13.3. The second kappa shape index (κ2) is 16.4. The third kappa shape index (κ3) is 10.2. The maximum Gasteiger partial charge on any atom is 1.00 e. The minimum absolute atomic E-state index is 0. The van der Waals surface area contributed by atoms with Crippen LogP contribution in [0.1, 0.15) is 0 Å². The fourth-order valence-corrected chi connectivity index (χ4v) is 3.96. The van der Waals surface area contributed by atoms with E-state index >= 15 is 0 Å². The maximum absolute atomic E-state index is 12.6. The number of carboxylic acids is 1. The zero-order chi connectivity index (χ0) is 30.3. The second-order valence-electron chi connectivity index (χ2n) is 8.38. The number of ether oxygens (including phenoxy) is 1. The van der Waals surface area contributed by atoms with E-state index in [0.717, 1.165) is 24.3 Å². The van der Waals surface area contributed by atoms with Crippen LogP contribution in [0.4, 0.5) is 33.2 Å². The normalized spacial score (nSPS) is 13.4. The number of benzene rings is 3. The number of ketones is 1. The number of anilines is 3. The molecule has 17 heteroatoms. The smallest absolute Gasteiger partial charge is 0.744 e. The number of nitrogens with one attached hydrogen (secondary N) is 3. The summed E-state index contributed by atoms with van der Waals surface area (Å²) in [4.78, 5) is 34.7. The molecule has 0 saturated heterocycles. The number of nitrogens with zero attached hydrogens (tertiary/aromatic N) is 3. The van der Waals surface area contributed by atoms with Crippen LogP contribution >= 0.6 is 0 Å². The second-order valence-corrected chi connectivity index (χ2v) is 9.76. The first kappa shape index (κ1) is 36.5. The van der Waals surface area contributed by atoms with Crippen LogP contribution in [0.2, 0.25) is 0 Å². The van der Waals surface area contributed by atoms with Crippen molar-refractivity contribution < 1.29 is 96.3 Å². The van der Waals surface area contributed by atoms with E-state index in [2.05, 4.69) is 31.4 Å². The van der Waals surface area contributed by atoms with E-state index in [-0.39, 0.29) is 76.3 Å². The molecular weight excluding hydrogens is 614 g/mol. The monoisotopic (exact) mass is 634 g/mol. The minimum atomic E-state index is -4.63. The van der Waals surface area contributed by atoms with E-state index in [4.69, 9.17) is 4.74 Å². The molecule has 3 N–H and O–H groups in total. The Morgan fingerprint density at radius 3 is 2.16 bits per heavy atom. The molecule has 1 aliphatic rings. The molecule has 0 bridgehead atoms. The van der Waals surface area contributed by atoms with E-state index in [1.54, 1.807) is 30.3 Å². The third-order valence-electron chi connectivity index (χ3n) is 5.46. The van der Waals surface area contributed by atoms with Crippen LogP contribution in [0.3, 0.4) is 0 Å². The summed E-state index contributed by atoms with van der Waals surface area (Å²) < 4.78 is 38.9. The van der Waals surface area contributed by atoms with Crippen LogP contribution in [0, 0.1) is 0 Å². The van der Waals surface area contributed by atoms with Crippen molar-refractivity contribution in [1.82, 2.24) is 0 Å². The summed E-state index contributed by atoms with van der Waals surface area (Å²) in [5, 5.41) is 28.3. The van der Waals surface area contributed by atoms with Crippen LogP contribution in [0.15, 0.2) is 111 Å². The molecule has 0 unspecified atom stereocenters. The van der Waals surface area contributed by atoms with E-state index in [1.165, 1.54) is 37.5 Å². The summed E-state index contributed by atoms with van der Waals surface area (Å²) in [6.45, 7) is 0. The number of allylic oxidation sites excluding steroid dienone is 3. The Morgan fingerprint density at radius 2 is 1.52 bits per heavy atom. The van der Waals surface area contributed by atoms with Crippen LogP contribution in [-0.4, -0.2) is 43.6 Å². The third-order valence-corrected chi connectivity index (χ3v) is 6.29. The number of carbonyl (C=O) groups is 3. The number of rotatable bonds is 9. The average Bonchev–Trinajstić information content (AvgIpc) is 2.96. The van der Waals surface area contributed by atoms with E-state index in [1.807, 2.05) is 0 Å². The van der Waals surface area contributed by atoms with Gasteiger partial charge in [-0.25, -0.2) is 13.2 Å². The molecule has 214 valence electrons. The molecule has 0 fully saturated rings. The number of carboxylic acid groups (broad SMARTS) is 1. The molecule has 3 aromatic rings. The topological polar surface area (TPSA) is 214 Å². The number of hydrogen-bond donors (Lipinski definition) is 3. The number of hydrazone groups is 1. The Morgan fingerprint density at radius 1 is 0.864 bits per heavy atom. The van der Waals surface area contributed by atoms with E-state index in [9.17, 15) is 32.5 Å². The zero-order valence-corrected chi connectivity index (χ0v) is 28.4. The van der Waals surface area contributed by atoms with Gasteiger partial charge < -0.3 is 29.8 Å². The van der Waals surface area contributed by atoms with Gasteiger partial charge in [-0.15, -0.1) is 0 Å². The maximum atomic E-state index is 12.6. The van der Waals surface area contributed by atoms with Gasteiger partial charge in [-0.05, 0) is 72.8 Å². The standard InChI is InChI=1S/C27H22N6O8S.2Na/c1-41-25-15-20(33-31-18-3-2-4-21(13-18)42(38,39)40)9-11-23(25)29-27(37)28-16-5-7-17(8-6-16)30-32-19-10-12-24(34)22(14-19)26(35)36;;/h2-15,30H,1H3,(H,35,36)(H2,28,29,37)(H,38,39,40);;/q;2*+1/p-2/b32-19+,33-31?;;. The van der Waals surface area contributed by atoms with Gasteiger partial charge in [0.1, 0.15) is 15.9 Å². The van der Waals surface area contributed by atoms with Gasteiger partial charge in [0.15, 0.2) is 5.78 Å². The van der Waals surface area contributed by atoms with Crippen LogP contribution < -0.4 is 85.0 Å².